The quantitative estimate of drug-likeness (QED) is 0.904. The molecule has 126 valence electrons. The van der Waals surface area contributed by atoms with Gasteiger partial charge < -0.3 is 19.5 Å². The largest absolute Gasteiger partial charge is 0.490 e. The van der Waals surface area contributed by atoms with Gasteiger partial charge in [0.2, 0.25) is 0 Å². The highest BCUT2D eigenvalue weighted by Crippen LogP contribution is 2.26. The molecule has 5 nitrogen and oxygen atoms in total. The molecule has 0 unspecified atom stereocenters. The molecule has 0 radical (unpaired) electrons. The summed E-state index contributed by atoms with van der Waals surface area (Å²) in [6, 6.07) is 7.20. The molecule has 2 fully saturated rings. The molecule has 0 aromatic heterocycles. The van der Waals surface area contributed by atoms with Gasteiger partial charge in [-0.05, 0) is 50.3 Å². The highest BCUT2D eigenvalue weighted by molar-refractivity contribution is 5.95. The van der Waals surface area contributed by atoms with Crippen LogP contribution in [0.3, 0.4) is 0 Å². The normalized spacial score (nSPS) is 25.0. The molecular weight excluding hydrogens is 294 g/mol. The molecule has 1 aliphatic heterocycles. The maximum Gasteiger partial charge on any atom is 0.254 e. The van der Waals surface area contributed by atoms with E-state index < -0.39 is 0 Å². The van der Waals surface area contributed by atoms with Crippen LogP contribution in [0.5, 0.6) is 5.75 Å². The van der Waals surface area contributed by atoms with E-state index in [0.29, 0.717) is 18.5 Å². The fraction of sp³-hybridized carbons (Fsp3) is 0.611. The predicted octanol–water partition coefficient (Wildman–Crippen LogP) is 2.23. The van der Waals surface area contributed by atoms with Crippen molar-refractivity contribution in [2.45, 2.75) is 50.4 Å². The molecule has 1 aromatic rings. The van der Waals surface area contributed by atoms with Gasteiger partial charge in [-0.3, -0.25) is 4.79 Å². The molecule has 1 saturated heterocycles. The van der Waals surface area contributed by atoms with Crippen LogP contribution in [0.25, 0.3) is 0 Å². The van der Waals surface area contributed by atoms with Crippen LogP contribution < -0.4 is 4.74 Å². The maximum absolute atomic E-state index is 12.8. The Morgan fingerprint density at radius 3 is 2.78 bits per heavy atom. The van der Waals surface area contributed by atoms with Crippen molar-refractivity contribution < 1.29 is 19.4 Å². The van der Waals surface area contributed by atoms with E-state index >= 15 is 0 Å². The van der Waals surface area contributed by atoms with Crippen molar-refractivity contribution in [1.29, 1.82) is 0 Å². The summed E-state index contributed by atoms with van der Waals surface area (Å²) in [6.45, 7) is 0.484. The van der Waals surface area contributed by atoms with Crippen molar-refractivity contribution in [2.75, 3.05) is 20.3 Å². The Bertz CT molecular complexity index is 542. The first-order valence-corrected chi connectivity index (χ1v) is 8.42. The van der Waals surface area contributed by atoms with E-state index in [0.717, 1.165) is 18.6 Å². The molecule has 1 aromatic carbocycles. The van der Waals surface area contributed by atoms with Crippen LogP contribution in [-0.2, 0) is 4.74 Å². The van der Waals surface area contributed by atoms with Crippen LogP contribution in [0, 0.1) is 0 Å². The van der Waals surface area contributed by atoms with Crippen LogP contribution in [0.15, 0.2) is 24.3 Å². The number of carbonyl (C=O) groups is 1. The highest BCUT2D eigenvalue weighted by Gasteiger charge is 2.35. The predicted molar refractivity (Wildman–Crippen MR) is 86.7 cm³/mol. The topological polar surface area (TPSA) is 59.0 Å². The van der Waals surface area contributed by atoms with Gasteiger partial charge in [0.05, 0.1) is 24.9 Å². The third-order valence-electron chi connectivity index (χ3n) is 4.87. The second-order valence-corrected chi connectivity index (χ2v) is 6.44. The summed E-state index contributed by atoms with van der Waals surface area (Å²) in [5, 5.41) is 9.52. The zero-order chi connectivity index (χ0) is 16.2. The van der Waals surface area contributed by atoms with E-state index in [-0.39, 0.29) is 30.8 Å². The summed E-state index contributed by atoms with van der Waals surface area (Å²) in [6.07, 6.45) is 5.56. The van der Waals surface area contributed by atoms with Gasteiger partial charge in [-0.25, -0.2) is 0 Å². The first-order chi connectivity index (χ1) is 11.2. The third-order valence-corrected chi connectivity index (χ3v) is 4.87. The molecule has 3 rings (SSSR count). The second kappa shape index (κ2) is 7.32. The lowest BCUT2D eigenvalue weighted by Gasteiger charge is -2.23. The van der Waals surface area contributed by atoms with Gasteiger partial charge in [-0.2, -0.15) is 0 Å². The second-order valence-electron chi connectivity index (χ2n) is 6.44. The van der Waals surface area contributed by atoms with Gasteiger partial charge in [-0.1, -0.05) is 6.07 Å². The molecule has 5 heteroatoms. The van der Waals surface area contributed by atoms with E-state index in [2.05, 4.69) is 0 Å². The minimum atomic E-state index is -0.174. The number of hydrogen-bond acceptors (Lipinski definition) is 4. The van der Waals surface area contributed by atoms with E-state index in [9.17, 15) is 9.90 Å². The Morgan fingerprint density at radius 1 is 1.30 bits per heavy atom. The van der Waals surface area contributed by atoms with Crippen molar-refractivity contribution >= 4 is 5.91 Å². The molecule has 2 atom stereocenters. The van der Waals surface area contributed by atoms with Crippen molar-refractivity contribution in [3.05, 3.63) is 29.8 Å². The molecular formula is C18H25NO4. The monoisotopic (exact) mass is 319 g/mol. The number of aliphatic hydroxyl groups is 1. The number of nitrogens with zero attached hydrogens (tertiary/aromatic N) is 1. The van der Waals surface area contributed by atoms with E-state index in [1.807, 2.05) is 18.2 Å². The van der Waals surface area contributed by atoms with E-state index in [4.69, 9.17) is 9.47 Å². The van der Waals surface area contributed by atoms with Crippen LogP contribution in [0.2, 0.25) is 0 Å². The minimum absolute atomic E-state index is 0.00554. The van der Waals surface area contributed by atoms with Crippen molar-refractivity contribution in [3.63, 3.8) is 0 Å². The first-order valence-electron chi connectivity index (χ1n) is 8.42. The number of hydrogen-bond donors (Lipinski definition) is 1. The zero-order valence-corrected chi connectivity index (χ0v) is 13.6. The molecule has 2 aliphatic rings. The number of aliphatic hydroxyl groups excluding tert-OH is 1. The van der Waals surface area contributed by atoms with Crippen LogP contribution in [-0.4, -0.2) is 54.4 Å². The fourth-order valence-corrected chi connectivity index (χ4v) is 3.53. The molecule has 23 heavy (non-hydrogen) atoms. The Morgan fingerprint density at radius 2 is 2.09 bits per heavy atom. The molecule has 0 bridgehead atoms. The van der Waals surface area contributed by atoms with Gasteiger partial charge >= 0.3 is 0 Å². The van der Waals surface area contributed by atoms with Crippen LogP contribution in [0.4, 0.5) is 0 Å². The Kier molecular flexibility index (Phi) is 5.18. The lowest BCUT2D eigenvalue weighted by Crippen LogP contribution is -2.38. The molecule has 1 saturated carbocycles. The van der Waals surface area contributed by atoms with Gasteiger partial charge in [0.15, 0.2) is 0 Å². The SMILES string of the molecule is CO[C@H]1C[C@@H](CO)N(C(=O)c2cccc(OC3CCCC3)c2)C1. The zero-order valence-electron chi connectivity index (χ0n) is 13.6. The van der Waals surface area contributed by atoms with Gasteiger partial charge in [-0.15, -0.1) is 0 Å². The number of carbonyl (C=O) groups excluding carboxylic acids is 1. The van der Waals surface area contributed by atoms with Crippen molar-refractivity contribution in [1.82, 2.24) is 4.90 Å². The van der Waals surface area contributed by atoms with Gasteiger partial charge in [0, 0.05) is 19.2 Å². The maximum atomic E-state index is 12.8. The summed E-state index contributed by atoms with van der Waals surface area (Å²) in [5.74, 6) is 0.686. The van der Waals surface area contributed by atoms with E-state index in [1.54, 1.807) is 18.1 Å². The molecule has 1 aliphatic carbocycles. The third kappa shape index (κ3) is 3.67. The van der Waals surface area contributed by atoms with Crippen molar-refractivity contribution in [3.8, 4) is 5.75 Å². The Labute approximate surface area is 137 Å². The standard InChI is InChI=1S/C18H25NO4/c1-22-17-10-14(12-20)19(11-17)18(21)13-5-4-8-16(9-13)23-15-6-2-3-7-15/h4-5,8-9,14-15,17,20H,2-3,6-7,10-12H2,1H3/t14-,17-/m0/s1. The summed E-state index contributed by atoms with van der Waals surface area (Å²) in [4.78, 5) is 14.5. The summed E-state index contributed by atoms with van der Waals surface area (Å²) < 4.78 is 11.3. The Hall–Kier alpha value is -1.59. The number of ether oxygens (including phenoxy) is 2. The first kappa shape index (κ1) is 16.3. The molecule has 1 heterocycles. The average Bonchev–Trinajstić information content (AvgIpc) is 3.23. The number of likely N-dealkylation sites (tertiary alicyclic amines) is 1. The molecule has 1 N–H and O–H groups in total. The fourth-order valence-electron chi connectivity index (χ4n) is 3.53. The number of benzene rings is 1. The Balaban J connectivity index is 1.71. The highest BCUT2D eigenvalue weighted by atomic mass is 16.5. The molecule has 1 amide bonds. The number of rotatable bonds is 5. The van der Waals surface area contributed by atoms with E-state index in [1.165, 1.54) is 12.8 Å². The molecule has 0 spiro atoms. The number of amides is 1. The lowest BCUT2D eigenvalue weighted by atomic mass is 10.1. The summed E-state index contributed by atoms with van der Waals surface area (Å²) in [7, 11) is 1.64. The smallest absolute Gasteiger partial charge is 0.254 e. The summed E-state index contributed by atoms with van der Waals surface area (Å²) in [5.41, 5.74) is 0.607. The van der Waals surface area contributed by atoms with Gasteiger partial charge in [0.1, 0.15) is 5.75 Å². The average molecular weight is 319 g/mol. The van der Waals surface area contributed by atoms with Crippen LogP contribution in [0.1, 0.15) is 42.5 Å². The lowest BCUT2D eigenvalue weighted by molar-refractivity contribution is 0.0647. The van der Waals surface area contributed by atoms with Gasteiger partial charge in [0.25, 0.3) is 5.91 Å². The van der Waals surface area contributed by atoms with Crippen LogP contribution >= 0.6 is 0 Å². The number of methoxy groups -OCH3 is 1. The minimum Gasteiger partial charge on any atom is -0.490 e. The van der Waals surface area contributed by atoms with Crippen molar-refractivity contribution in [2.24, 2.45) is 0 Å². The summed E-state index contributed by atoms with van der Waals surface area (Å²) >= 11 is 0.